The van der Waals surface area contributed by atoms with Crippen molar-refractivity contribution >= 4 is 23.7 Å². The van der Waals surface area contributed by atoms with Crippen LogP contribution in [0.25, 0.3) is 0 Å². The molecular weight excluding hydrogens is 314 g/mol. The summed E-state index contributed by atoms with van der Waals surface area (Å²) in [4.78, 5) is 11.5. The van der Waals surface area contributed by atoms with Crippen LogP contribution in [0.5, 0.6) is 5.75 Å². The van der Waals surface area contributed by atoms with Crippen LogP contribution in [0.3, 0.4) is 0 Å². The fourth-order valence-corrected chi connectivity index (χ4v) is 1.71. The van der Waals surface area contributed by atoms with Crippen LogP contribution in [-0.4, -0.2) is 18.7 Å². The van der Waals surface area contributed by atoms with Crippen LogP contribution in [0.4, 0.5) is 8.78 Å². The Bertz CT molecular complexity index is 708. The van der Waals surface area contributed by atoms with E-state index in [4.69, 9.17) is 16.3 Å². The van der Waals surface area contributed by atoms with E-state index in [2.05, 4.69) is 10.5 Å². The summed E-state index contributed by atoms with van der Waals surface area (Å²) < 4.78 is 31.2. The highest BCUT2D eigenvalue weighted by Crippen LogP contribution is 2.22. The number of benzene rings is 2. The third kappa shape index (κ3) is 4.53. The monoisotopic (exact) mass is 324 g/mol. The largest absolute Gasteiger partial charge is 0.482 e. The van der Waals surface area contributed by atoms with Gasteiger partial charge in [-0.15, -0.1) is 0 Å². The van der Waals surface area contributed by atoms with E-state index in [-0.39, 0.29) is 12.2 Å². The van der Waals surface area contributed by atoms with Crippen molar-refractivity contribution in [3.63, 3.8) is 0 Å². The van der Waals surface area contributed by atoms with Crippen molar-refractivity contribution < 1.29 is 18.3 Å². The topological polar surface area (TPSA) is 50.7 Å². The van der Waals surface area contributed by atoms with Crippen LogP contribution in [0.1, 0.15) is 5.56 Å². The van der Waals surface area contributed by atoms with Gasteiger partial charge in [0.25, 0.3) is 5.91 Å². The van der Waals surface area contributed by atoms with Gasteiger partial charge in [0.2, 0.25) is 0 Å². The number of para-hydroxylation sites is 1. The lowest BCUT2D eigenvalue weighted by Crippen LogP contribution is -2.24. The van der Waals surface area contributed by atoms with Gasteiger partial charge in [0.15, 0.2) is 6.61 Å². The molecule has 7 heteroatoms. The smallest absolute Gasteiger partial charge is 0.277 e. The van der Waals surface area contributed by atoms with Gasteiger partial charge >= 0.3 is 0 Å². The van der Waals surface area contributed by atoms with E-state index in [1.54, 1.807) is 24.3 Å². The molecule has 0 aliphatic rings. The van der Waals surface area contributed by atoms with Crippen LogP contribution in [0.2, 0.25) is 5.02 Å². The van der Waals surface area contributed by atoms with Crippen LogP contribution < -0.4 is 10.2 Å². The number of rotatable bonds is 5. The lowest BCUT2D eigenvalue weighted by atomic mass is 10.2. The van der Waals surface area contributed by atoms with Gasteiger partial charge in [-0.1, -0.05) is 23.7 Å². The third-order valence-corrected chi connectivity index (χ3v) is 2.86. The van der Waals surface area contributed by atoms with Crippen molar-refractivity contribution in [3.05, 3.63) is 64.7 Å². The average Bonchev–Trinajstić information content (AvgIpc) is 2.49. The molecule has 0 saturated carbocycles. The first-order valence-corrected chi connectivity index (χ1v) is 6.58. The summed E-state index contributed by atoms with van der Waals surface area (Å²) in [5.74, 6) is -1.64. The summed E-state index contributed by atoms with van der Waals surface area (Å²) in [5.41, 5.74) is 2.21. The molecule has 114 valence electrons. The molecule has 2 aromatic carbocycles. The number of hydrogen-bond donors (Lipinski definition) is 1. The maximum absolute atomic E-state index is 13.3. The predicted octanol–water partition coefficient (Wildman–Crippen LogP) is 3.15. The number of hydrogen-bond acceptors (Lipinski definition) is 3. The number of amides is 1. The molecule has 2 rings (SSSR count). The first-order chi connectivity index (χ1) is 10.6. The zero-order chi connectivity index (χ0) is 15.9. The Hall–Kier alpha value is -2.47. The van der Waals surface area contributed by atoms with E-state index in [1.165, 1.54) is 6.07 Å². The zero-order valence-corrected chi connectivity index (χ0v) is 12.0. The van der Waals surface area contributed by atoms with E-state index < -0.39 is 17.5 Å². The molecule has 2 aromatic rings. The van der Waals surface area contributed by atoms with Crippen LogP contribution in [0, 0.1) is 11.6 Å². The molecule has 0 heterocycles. The summed E-state index contributed by atoms with van der Waals surface area (Å²) in [7, 11) is 0. The van der Waals surface area contributed by atoms with Gasteiger partial charge in [0.05, 0.1) is 11.2 Å². The van der Waals surface area contributed by atoms with Crippen molar-refractivity contribution in [3.8, 4) is 5.75 Å². The minimum Gasteiger partial charge on any atom is -0.482 e. The number of carbonyl (C=O) groups is 1. The van der Waals surface area contributed by atoms with E-state index >= 15 is 0 Å². The maximum atomic E-state index is 13.3. The van der Waals surface area contributed by atoms with Gasteiger partial charge in [-0.25, -0.2) is 14.2 Å². The van der Waals surface area contributed by atoms with Gasteiger partial charge in [0.1, 0.15) is 17.4 Å². The second-order valence-corrected chi connectivity index (χ2v) is 4.59. The Labute approximate surface area is 130 Å². The third-order valence-electron chi connectivity index (χ3n) is 2.55. The van der Waals surface area contributed by atoms with Gasteiger partial charge in [-0.2, -0.15) is 5.10 Å². The summed E-state index contributed by atoms with van der Waals surface area (Å²) in [6.45, 7) is -0.299. The molecule has 0 unspecified atom stereocenters. The predicted molar refractivity (Wildman–Crippen MR) is 79.0 cm³/mol. The molecule has 1 N–H and O–H groups in total. The van der Waals surface area contributed by atoms with Crippen LogP contribution in [-0.2, 0) is 4.79 Å². The van der Waals surface area contributed by atoms with Gasteiger partial charge < -0.3 is 4.74 Å². The standard InChI is InChI=1S/C15H11ClF2N2O2/c16-12-3-1-2-4-14(12)22-9-15(21)20-19-8-10-5-6-11(17)7-13(10)18/h1-8H,9H2,(H,20,21)/b19-8-. The summed E-state index contributed by atoms with van der Waals surface area (Å²) >= 11 is 5.86. The average molecular weight is 325 g/mol. The lowest BCUT2D eigenvalue weighted by Gasteiger charge is -2.06. The fraction of sp³-hybridized carbons (Fsp3) is 0.0667. The molecule has 0 radical (unpaired) electrons. The SMILES string of the molecule is O=C(COc1ccccc1Cl)N/N=C\c1ccc(F)cc1F. The Kier molecular flexibility index (Phi) is 5.43. The lowest BCUT2D eigenvalue weighted by molar-refractivity contribution is -0.123. The number of carbonyl (C=O) groups excluding carboxylic acids is 1. The Balaban J connectivity index is 1.85. The maximum Gasteiger partial charge on any atom is 0.277 e. The summed E-state index contributed by atoms with van der Waals surface area (Å²) in [6, 6.07) is 9.72. The molecule has 0 aromatic heterocycles. The quantitative estimate of drug-likeness (QED) is 0.678. The van der Waals surface area contributed by atoms with Crippen molar-refractivity contribution in [1.29, 1.82) is 0 Å². The van der Waals surface area contributed by atoms with E-state index in [0.717, 1.165) is 18.3 Å². The second-order valence-electron chi connectivity index (χ2n) is 4.18. The number of ether oxygens (including phenoxy) is 1. The molecule has 1 amide bonds. The molecule has 0 spiro atoms. The molecule has 0 aliphatic heterocycles. The molecule has 0 aliphatic carbocycles. The Morgan fingerprint density at radius 2 is 2.05 bits per heavy atom. The molecule has 22 heavy (non-hydrogen) atoms. The highest BCUT2D eigenvalue weighted by molar-refractivity contribution is 6.32. The molecule has 4 nitrogen and oxygen atoms in total. The highest BCUT2D eigenvalue weighted by atomic mass is 35.5. The molecule has 0 fully saturated rings. The number of halogens is 3. The number of nitrogens with one attached hydrogen (secondary N) is 1. The second kappa shape index (κ2) is 7.51. The van der Waals surface area contributed by atoms with E-state index in [0.29, 0.717) is 10.8 Å². The van der Waals surface area contributed by atoms with Crippen molar-refractivity contribution in [1.82, 2.24) is 5.43 Å². The minimum absolute atomic E-state index is 0.0497. The van der Waals surface area contributed by atoms with Gasteiger partial charge in [-0.05, 0) is 24.3 Å². The van der Waals surface area contributed by atoms with E-state index in [1.807, 2.05) is 0 Å². The normalized spacial score (nSPS) is 10.7. The highest BCUT2D eigenvalue weighted by Gasteiger charge is 2.05. The van der Waals surface area contributed by atoms with Crippen LogP contribution >= 0.6 is 11.6 Å². The summed E-state index contributed by atoms with van der Waals surface area (Å²) in [6.07, 6.45) is 1.07. The first-order valence-electron chi connectivity index (χ1n) is 6.20. The molecular formula is C15H11ClF2N2O2. The first kappa shape index (κ1) is 15.9. The number of nitrogens with zero attached hydrogens (tertiary/aromatic N) is 1. The van der Waals surface area contributed by atoms with Gasteiger partial charge in [-0.3, -0.25) is 4.79 Å². The molecule has 0 saturated heterocycles. The molecule has 0 atom stereocenters. The summed E-state index contributed by atoms with van der Waals surface area (Å²) in [5, 5.41) is 3.95. The van der Waals surface area contributed by atoms with Crippen molar-refractivity contribution in [2.24, 2.45) is 5.10 Å². The van der Waals surface area contributed by atoms with Gasteiger partial charge in [0, 0.05) is 11.6 Å². The van der Waals surface area contributed by atoms with Crippen LogP contribution in [0.15, 0.2) is 47.6 Å². The van der Waals surface area contributed by atoms with E-state index in [9.17, 15) is 13.6 Å². The Morgan fingerprint density at radius 1 is 1.27 bits per heavy atom. The minimum atomic E-state index is -0.773. The van der Waals surface area contributed by atoms with Crippen molar-refractivity contribution in [2.75, 3.05) is 6.61 Å². The number of hydrazone groups is 1. The fourth-order valence-electron chi connectivity index (χ4n) is 1.52. The Morgan fingerprint density at radius 3 is 2.77 bits per heavy atom. The van der Waals surface area contributed by atoms with Crippen molar-refractivity contribution in [2.45, 2.75) is 0 Å². The molecule has 0 bridgehead atoms. The zero-order valence-electron chi connectivity index (χ0n) is 11.2.